The topological polar surface area (TPSA) is 229 Å². The van der Waals surface area contributed by atoms with Crippen molar-refractivity contribution < 1.29 is 4.21 Å². The Kier molecular flexibility index (Phi) is 11.0. The molecule has 0 aromatic carbocycles. The van der Waals surface area contributed by atoms with Crippen LogP contribution in [0.25, 0.3) is 39.8 Å². The minimum Gasteiger partial charge on any atom is -0.383 e. The Morgan fingerprint density at radius 1 is 0.667 bits per heavy atom. The third kappa shape index (κ3) is 8.43. The predicted molar refractivity (Wildman–Crippen MR) is 197 cm³/mol. The van der Waals surface area contributed by atoms with Crippen molar-refractivity contribution in [3.63, 3.8) is 0 Å². The van der Waals surface area contributed by atoms with E-state index in [1.165, 1.54) is 10.9 Å². The molecule has 0 amide bonds. The first-order chi connectivity index (χ1) is 24.8. The van der Waals surface area contributed by atoms with Crippen LogP contribution >= 0.6 is 31.9 Å². The van der Waals surface area contributed by atoms with Crippen molar-refractivity contribution in [2.75, 3.05) is 17.7 Å². The van der Waals surface area contributed by atoms with E-state index in [4.69, 9.17) is 11.5 Å². The van der Waals surface area contributed by atoms with E-state index in [9.17, 15) is 4.21 Å². The Morgan fingerprint density at radius 2 is 1.24 bits per heavy atom. The van der Waals surface area contributed by atoms with Crippen LogP contribution in [0, 0.1) is 0 Å². The molecule has 8 aromatic rings. The molecule has 5 N–H and O–H groups in total. The number of aromatic nitrogens is 14. The lowest BCUT2D eigenvalue weighted by molar-refractivity contribution is 0.677. The number of pyridine rings is 2. The van der Waals surface area contributed by atoms with Crippen molar-refractivity contribution in [3.8, 4) is 39.8 Å². The summed E-state index contributed by atoms with van der Waals surface area (Å²) in [5.41, 5.74) is 15.9. The lowest BCUT2D eigenvalue weighted by Crippen LogP contribution is -2.10. The van der Waals surface area contributed by atoms with Gasteiger partial charge in [0.05, 0.1) is 23.2 Å². The van der Waals surface area contributed by atoms with E-state index in [0.717, 1.165) is 22.3 Å². The van der Waals surface area contributed by atoms with Crippen LogP contribution in [0.3, 0.4) is 0 Å². The Labute approximate surface area is 309 Å². The highest BCUT2D eigenvalue weighted by Gasteiger charge is 2.15. The summed E-state index contributed by atoms with van der Waals surface area (Å²) >= 11 is 6.68. The van der Waals surface area contributed by atoms with Gasteiger partial charge in [0, 0.05) is 79.4 Å². The summed E-state index contributed by atoms with van der Waals surface area (Å²) in [6.45, 7) is 0. The third-order valence-electron chi connectivity index (χ3n) is 6.70. The number of nitrogens with zero attached hydrogens (tertiary/aromatic N) is 13. The molecule has 256 valence electrons. The molecule has 1 unspecified atom stereocenters. The molecule has 0 saturated carbocycles. The number of halogens is 2. The number of nitrogen functional groups attached to an aromatic ring is 2. The summed E-state index contributed by atoms with van der Waals surface area (Å²) in [6, 6.07) is 11.3. The molecule has 8 rings (SSSR count). The molecular formula is C31H26Br2N16OS. The van der Waals surface area contributed by atoms with Gasteiger partial charge in [-0.05, 0) is 79.4 Å². The number of hydrogen-bond acceptors (Lipinski definition) is 13. The molecule has 1 atom stereocenters. The van der Waals surface area contributed by atoms with Crippen LogP contribution in [0.4, 0.5) is 11.6 Å². The Hall–Kier alpha value is -5.99. The van der Waals surface area contributed by atoms with Crippen LogP contribution < -0.4 is 11.5 Å². The number of rotatable bonds is 6. The molecule has 0 saturated heterocycles. The van der Waals surface area contributed by atoms with Gasteiger partial charge in [-0.3, -0.25) is 19.3 Å². The molecule has 17 nitrogen and oxygen atoms in total. The SMILES string of the molecule is CS(=O)c1nc(N)c(Br)c(-n2cccn2)n1.Nc1nc(-n2cc(-c3ccncc3)cn2)nc(-n2cccn2)c1Br.c1cc(-c2cn[nH]c2)ccn1. The van der Waals surface area contributed by atoms with Crippen LogP contribution in [0.15, 0.2) is 125 Å². The average Bonchev–Trinajstić information content (AvgIpc) is 4.00. The number of anilines is 2. The maximum atomic E-state index is 11.3. The fourth-order valence-corrected chi connectivity index (χ4v) is 5.43. The molecule has 0 bridgehead atoms. The predicted octanol–water partition coefficient (Wildman–Crippen LogP) is 4.47. The van der Waals surface area contributed by atoms with Gasteiger partial charge in [-0.2, -0.15) is 35.3 Å². The molecule has 8 heterocycles. The molecule has 0 radical (unpaired) electrons. The van der Waals surface area contributed by atoms with Crippen molar-refractivity contribution in [1.29, 1.82) is 0 Å². The van der Waals surface area contributed by atoms with E-state index < -0.39 is 10.8 Å². The van der Waals surface area contributed by atoms with E-state index in [2.05, 4.69) is 87.3 Å². The summed E-state index contributed by atoms with van der Waals surface area (Å²) in [5, 5.41) is 19.3. The van der Waals surface area contributed by atoms with Crippen LogP contribution in [0.5, 0.6) is 0 Å². The minimum atomic E-state index is -1.28. The van der Waals surface area contributed by atoms with Crippen LogP contribution in [0.1, 0.15) is 0 Å². The first-order valence-electron chi connectivity index (χ1n) is 14.6. The zero-order chi connectivity index (χ0) is 35.7. The van der Waals surface area contributed by atoms with Crippen molar-refractivity contribution in [3.05, 3.63) is 120 Å². The highest BCUT2D eigenvalue weighted by Crippen LogP contribution is 2.26. The van der Waals surface area contributed by atoms with Crippen LogP contribution in [-0.4, -0.2) is 79.9 Å². The largest absolute Gasteiger partial charge is 0.383 e. The van der Waals surface area contributed by atoms with E-state index in [-0.39, 0.29) is 11.0 Å². The fourth-order valence-electron chi connectivity index (χ4n) is 4.27. The Morgan fingerprint density at radius 3 is 1.76 bits per heavy atom. The van der Waals surface area contributed by atoms with Gasteiger partial charge in [-0.25, -0.2) is 19.0 Å². The van der Waals surface area contributed by atoms with E-state index in [1.807, 2.05) is 36.7 Å². The summed E-state index contributed by atoms with van der Waals surface area (Å²) in [7, 11) is -1.28. The lowest BCUT2D eigenvalue weighted by Gasteiger charge is -2.08. The number of nitrogens with two attached hydrogens (primary N) is 2. The smallest absolute Gasteiger partial charge is 0.254 e. The van der Waals surface area contributed by atoms with Crippen molar-refractivity contribution in [1.82, 2.24) is 69.4 Å². The van der Waals surface area contributed by atoms with Crippen LogP contribution in [0.2, 0.25) is 0 Å². The van der Waals surface area contributed by atoms with Gasteiger partial charge in [0.1, 0.15) is 20.6 Å². The molecule has 0 aliphatic rings. The van der Waals surface area contributed by atoms with Crippen molar-refractivity contribution in [2.45, 2.75) is 5.16 Å². The molecule has 51 heavy (non-hydrogen) atoms. The summed E-state index contributed by atoms with van der Waals surface area (Å²) in [6.07, 6.45) is 22.5. The van der Waals surface area contributed by atoms with Gasteiger partial charge in [0.25, 0.3) is 5.95 Å². The summed E-state index contributed by atoms with van der Waals surface area (Å²) in [5.74, 6) is 1.94. The monoisotopic (exact) mass is 828 g/mol. The number of aromatic amines is 1. The number of H-pyrrole nitrogens is 1. The van der Waals surface area contributed by atoms with Crippen LogP contribution in [-0.2, 0) is 10.8 Å². The maximum Gasteiger partial charge on any atom is 0.254 e. The number of nitrogens with one attached hydrogen (secondary N) is 1. The molecule has 8 aromatic heterocycles. The minimum absolute atomic E-state index is 0.186. The number of hydrogen-bond donors (Lipinski definition) is 3. The molecule has 0 fully saturated rings. The quantitative estimate of drug-likeness (QED) is 0.197. The second-order valence-electron chi connectivity index (χ2n) is 10.1. The summed E-state index contributed by atoms with van der Waals surface area (Å²) in [4.78, 5) is 24.8. The first kappa shape index (κ1) is 34.9. The maximum absolute atomic E-state index is 11.3. The van der Waals surface area contributed by atoms with Gasteiger partial charge in [-0.1, -0.05) is 0 Å². The third-order valence-corrected chi connectivity index (χ3v) is 8.92. The van der Waals surface area contributed by atoms with Crippen molar-refractivity contribution in [2.24, 2.45) is 0 Å². The van der Waals surface area contributed by atoms with E-state index in [1.54, 1.807) is 83.5 Å². The van der Waals surface area contributed by atoms with Crippen molar-refractivity contribution >= 4 is 54.3 Å². The van der Waals surface area contributed by atoms with Gasteiger partial charge in [0.2, 0.25) is 5.16 Å². The highest BCUT2D eigenvalue weighted by molar-refractivity contribution is 9.11. The average molecular weight is 831 g/mol. The normalized spacial score (nSPS) is 11.2. The molecule has 0 aliphatic heterocycles. The zero-order valence-corrected chi connectivity index (χ0v) is 30.4. The van der Waals surface area contributed by atoms with Gasteiger partial charge in [-0.15, -0.1) is 0 Å². The molecule has 0 spiro atoms. The van der Waals surface area contributed by atoms with E-state index >= 15 is 0 Å². The van der Waals surface area contributed by atoms with E-state index in [0.29, 0.717) is 32.3 Å². The molecule has 0 aliphatic carbocycles. The zero-order valence-electron chi connectivity index (χ0n) is 26.4. The highest BCUT2D eigenvalue weighted by atomic mass is 79.9. The van der Waals surface area contributed by atoms with Gasteiger partial charge >= 0.3 is 0 Å². The molecule has 20 heteroatoms. The second kappa shape index (κ2) is 16.1. The standard InChI is InChI=1S/C15H11BrN8.C8H8BrN5OS.C8H7N3/c16-12-13(17)21-15(22-14(12)23-7-1-4-19-23)24-9-11(8-20-24)10-2-5-18-6-3-10;1-16(15)8-12-6(10)5(9)7(13-8)14-4-2-3-11-14;1-3-9-4-2-7(1)8-5-10-11-6-8/h1-9H,(H2,17,21,22);2-4H,1H3,(H2,10,12,13);1-6H,(H,10,11). The Balaban J connectivity index is 0.000000143. The lowest BCUT2D eigenvalue weighted by atomic mass is 10.1. The first-order valence-corrected chi connectivity index (χ1v) is 17.8. The molecular weight excluding hydrogens is 804 g/mol. The Bertz CT molecular complexity index is 2340. The fraction of sp³-hybridized carbons (Fsp3) is 0.0323. The summed E-state index contributed by atoms with van der Waals surface area (Å²) < 4.78 is 17.1. The van der Waals surface area contributed by atoms with Gasteiger partial charge in [0.15, 0.2) is 11.6 Å². The van der Waals surface area contributed by atoms with Gasteiger partial charge < -0.3 is 11.5 Å². The second-order valence-corrected chi connectivity index (χ2v) is 12.9.